The van der Waals surface area contributed by atoms with E-state index in [-0.39, 0.29) is 0 Å². The zero-order valence-electron chi connectivity index (χ0n) is 12.9. The number of aliphatic imine (C=N–C) groups is 1. The molecule has 0 spiro atoms. The molecule has 1 heterocycles. The first kappa shape index (κ1) is 14.8. The van der Waals surface area contributed by atoms with E-state index in [9.17, 15) is 5.11 Å². The van der Waals surface area contributed by atoms with Crippen molar-refractivity contribution in [3.63, 3.8) is 0 Å². The Kier molecular flexibility index (Phi) is 4.25. The lowest BCUT2D eigenvalue weighted by molar-refractivity contribution is 0.0890. The van der Waals surface area contributed by atoms with Crippen molar-refractivity contribution in [1.29, 1.82) is 0 Å². The molecule has 0 amide bonds. The third-order valence-corrected chi connectivity index (χ3v) is 4.23. The monoisotopic (exact) mass is 294 g/mol. The summed E-state index contributed by atoms with van der Waals surface area (Å²) in [5.41, 5.74) is 0.268. The van der Waals surface area contributed by atoms with Crippen LogP contribution in [0.15, 0.2) is 65.7 Å². The quantitative estimate of drug-likeness (QED) is 0.942. The van der Waals surface area contributed by atoms with Crippen LogP contribution in [-0.4, -0.2) is 29.4 Å². The molecule has 1 fully saturated rings. The summed E-state index contributed by atoms with van der Waals surface area (Å²) in [6.07, 6.45) is 3.23. The van der Waals surface area contributed by atoms with E-state index in [0.717, 1.165) is 36.3 Å². The largest absolute Gasteiger partial charge is 0.363 e. The maximum atomic E-state index is 11.4. The van der Waals surface area contributed by atoms with Gasteiger partial charge in [-0.3, -0.25) is 0 Å². The molecule has 3 heteroatoms. The molecule has 0 radical (unpaired) electrons. The maximum absolute atomic E-state index is 11.4. The number of hydrogen-bond donors (Lipinski definition) is 1. The second kappa shape index (κ2) is 6.32. The number of hydrogen-bond acceptors (Lipinski definition) is 2. The van der Waals surface area contributed by atoms with Gasteiger partial charge in [-0.25, -0.2) is 4.99 Å². The molecular formula is C19H22N2O. The number of nitrogens with zero attached hydrogens (tertiary/aromatic N) is 2. The minimum Gasteiger partial charge on any atom is -0.363 e. The summed E-state index contributed by atoms with van der Waals surface area (Å²) < 4.78 is 0. The molecule has 0 unspecified atom stereocenters. The van der Waals surface area contributed by atoms with Gasteiger partial charge in [0, 0.05) is 31.1 Å². The fourth-order valence-corrected chi connectivity index (χ4v) is 2.92. The van der Waals surface area contributed by atoms with E-state index in [1.165, 1.54) is 6.42 Å². The average molecular weight is 294 g/mol. The lowest BCUT2D eigenvalue weighted by Crippen LogP contribution is -2.36. The Bertz CT molecular complexity index is 597. The molecule has 1 N–H and O–H groups in total. The Labute approximate surface area is 131 Å². The van der Waals surface area contributed by atoms with Gasteiger partial charge in [0.25, 0.3) is 0 Å². The van der Waals surface area contributed by atoms with Gasteiger partial charge in [-0.2, -0.15) is 0 Å². The fourth-order valence-electron chi connectivity index (χ4n) is 2.92. The van der Waals surface area contributed by atoms with Crippen molar-refractivity contribution in [3.8, 4) is 0 Å². The van der Waals surface area contributed by atoms with Crippen LogP contribution in [-0.2, 0) is 5.72 Å². The summed E-state index contributed by atoms with van der Waals surface area (Å²) in [6, 6.07) is 19.4. The first-order valence-electron chi connectivity index (χ1n) is 7.83. The third-order valence-electron chi connectivity index (χ3n) is 4.23. The summed E-state index contributed by atoms with van der Waals surface area (Å²) in [5, 5.41) is 11.4. The molecule has 0 atom stereocenters. The predicted molar refractivity (Wildman–Crippen MR) is 89.8 cm³/mol. The Morgan fingerprint density at radius 2 is 1.45 bits per heavy atom. The molecule has 0 saturated carbocycles. The van der Waals surface area contributed by atoms with Gasteiger partial charge < -0.3 is 10.0 Å². The van der Waals surface area contributed by atoms with Crippen LogP contribution in [0.3, 0.4) is 0 Å². The van der Waals surface area contributed by atoms with Gasteiger partial charge in [-0.1, -0.05) is 60.7 Å². The molecule has 22 heavy (non-hydrogen) atoms. The average Bonchev–Trinajstić information content (AvgIpc) is 2.58. The van der Waals surface area contributed by atoms with Gasteiger partial charge in [0.1, 0.15) is 5.84 Å². The topological polar surface area (TPSA) is 35.8 Å². The highest BCUT2D eigenvalue weighted by molar-refractivity contribution is 5.83. The molecule has 2 aromatic rings. The van der Waals surface area contributed by atoms with Crippen molar-refractivity contribution in [2.24, 2.45) is 4.99 Å². The van der Waals surface area contributed by atoms with Crippen LogP contribution >= 0.6 is 0 Å². The molecule has 1 saturated heterocycles. The SMILES string of the molecule is CN1CCCCC1=NC(O)(c1ccccc1)c1ccccc1. The van der Waals surface area contributed by atoms with E-state index in [2.05, 4.69) is 11.9 Å². The van der Waals surface area contributed by atoms with Crippen LogP contribution in [0.5, 0.6) is 0 Å². The first-order valence-corrected chi connectivity index (χ1v) is 7.83. The maximum Gasteiger partial charge on any atom is 0.210 e. The Morgan fingerprint density at radius 3 is 1.95 bits per heavy atom. The number of likely N-dealkylation sites (tertiary alicyclic amines) is 1. The number of piperidine rings is 1. The van der Waals surface area contributed by atoms with E-state index >= 15 is 0 Å². The van der Waals surface area contributed by atoms with Crippen molar-refractivity contribution in [1.82, 2.24) is 4.90 Å². The lowest BCUT2D eigenvalue weighted by Gasteiger charge is -2.31. The molecular weight excluding hydrogens is 272 g/mol. The fraction of sp³-hybridized carbons (Fsp3) is 0.316. The van der Waals surface area contributed by atoms with Crippen LogP contribution in [0.1, 0.15) is 30.4 Å². The summed E-state index contributed by atoms with van der Waals surface area (Å²) in [7, 11) is 2.05. The smallest absolute Gasteiger partial charge is 0.210 e. The van der Waals surface area contributed by atoms with Crippen LogP contribution < -0.4 is 0 Å². The zero-order chi connectivity index (χ0) is 15.4. The molecule has 2 aromatic carbocycles. The second-order valence-corrected chi connectivity index (χ2v) is 5.81. The standard InChI is InChI=1S/C19H22N2O/c1-21-15-9-8-14-18(21)20-19(22,16-10-4-2-5-11-16)17-12-6-3-7-13-17/h2-7,10-13,22H,8-9,14-15H2,1H3. The molecule has 0 bridgehead atoms. The van der Waals surface area contributed by atoms with Crippen molar-refractivity contribution < 1.29 is 5.11 Å². The van der Waals surface area contributed by atoms with Gasteiger partial charge >= 0.3 is 0 Å². The van der Waals surface area contributed by atoms with Crippen LogP contribution in [0.4, 0.5) is 0 Å². The first-order chi connectivity index (χ1) is 10.7. The molecule has 0 aromatic heterocycles. The van der Waals surface area contributed by atoms with Gasteiger partial charge in [0.15, 0.2) is 0 Å². The summed E-state index contributed by atoms with van der Waals surface area (Å²) in [4.78, 5) is 6.94. The van der Waals surface area contributed by atoms with Gasteiger partial charge in [-0.15, -0.1) is 0 Å². The van der Waals surface area contributed by atoms with E-state index < -0.39 is 5.72 Å². The van der Waals surface area contributed by atoms with Crippen LogP contribution in [0.25, 0.3) is 0 Å². The molecule has 3 nitrogen and oxygen atoms in total. The summed E-state index contributed by atoms with van der Waals surface area (Å²) in [6.45, 7) is 0.999. The summed E-state index contributed by atoms with van der Waals surface area (Å²) >= 11 is 0. The Hall–Kier alpha value is -2.13. The minimum absolute atomic E-state index is 0.799. The lowest BCUT2D eigenvalue weighted by atomic mass is 9.94. The number of rotatable bonds is 3. The predicted octanol–water partition coefficient (Wildman–Crippen LogP) is 3.39. The van der Waals surface area contributed by atoms with Crippen molar-refractivity contribution in [2.75, 3.05) is 13.6 Å². The highest BCUT2D eigenvalue weighted by atomic mass is 16.3. The van der Waals surface area contributed by atoms with Gasteiger partial charge in [0.2, 0.25) is 5.72 Å². The summed E-state index contributed by atoms with van der Waals surface area (Å²) in [5.74, 6) is 0.974. The normalized spacial score (nSPS) is 17.7. The molecule has 1 aliphatic heterocycles. The zero-order valence-corrected chi connectivity index (χ0v) is 12.9. The van der Waals surface area contributed by atoms with E-state index in [4.69, 9.17) is 4.99 Å². The highest BCUT2D eigenvalue weighted by Gasteiger charge is 2.32. The Balaban J connectivity index is 2.09. The molecule has 1 aliphatic rings. The van der Waals surface area contributed by atoms with E-state index in [1.54, 1.807) is 0 Å². The third kappa shape index (κ3) is 2.90. The van der Waals surface area contributed by atoms with Gasteiger partial charge in [0.05, 0.1) is 0 Å². The van der Waals surface area contributed by atoms with Crippen LogP contribution in [0.2, 0.25) is 0 Å². The second-order valence-electron chi connectivity index (χ2n) is 5.81. The highest BCUT2D eigenvalue weighted by Crippen LogP contribution is 2.32. The molecule has 0 aliphatic carbocycles. The van der Waals surface area contributed by atoms with Crippen molar-refractivity contribution >= 4 is 5.84 Å². The minimum atomic E-state index is -1.33. The van der Waals surface area contributed by atoms with E-state index in [0.29, 0.717) is 0 Å². The Morgan fingerprint density at radius 1 is 0.909 bits per heavy atom. The number of benzene rings is 2. The van der Waals surface area contributed by atoms with E-state index in [1.807, 2.05) is 60.7 Å². The van der Waals surface area contributed by atoms with Crippen molar-refractivity contribution in [3.05, 3.63) is 71.8 Å². The number of amidine groups is 1. The molecule has 114 valence electrons. The van der Waals surface area contributed by atoms with Crippen molar-refractivity contribution in [2.45, 2.75) is 25.0 Å². The molecule has 3 rings (SSSR count). The van der Waals surface area contributed by atoms with Gasteiger partial charge in [-0.05, 0) is 12.8 Å². The van der Waals surface area contributed by atoms with Crippen LogP contribution in [0, 0.1) is 0 Å². The number of aliphatic hydroxyl groups is 1.